The minimum Gasteiger partial charge on any atom is -0.870 e. The zero-order valence-electron chi connectivity index (χ0n) is 17.4. The second kappa shape index (κ2) is 20.3. The van der Waals surface area contributed by atoms with Crippen LogP contribution in [0.2, 0.25) is 0 Å². The van der Waals surface area contributed by atoms with E-state index < -0.39 is 21.8 Å². The van der Waals surface area contributed by atoms with Gasteiger partial charge in [-0.1, -0.05) is 0 Å². The average molecular weight is 515 g/mol. The monoisotopic (exact) mass is 514 g/mol. The summed E-state index contributed by atoms with van der Waals surface area (Å²) in [5, 5.41) is 45.2. The van der Waals surface area contributed by atoms with Crippen LogP contribution in [0, 0.1) is 20.2 Å². The fourth-order valence-corrected chi connectivity index (χ4v) is 1.74. The number of carbonyl (C=O) groups is 2. The Labute approximate surface area is 235 Å². The number of non-ortho nitro benzene ring substituents is 2. The molecule has 13 nitrogen and oxygen atoms in total. The van der Waals surface area contributed by atoms with Crippen LogP contribution in [0.25, 0.3) is 0 Å². The Morgan fingerprint density at radius 2 is 1.24 bits per heavy atom. The summed E-state index contributed by atoms with van der Waals surface area (Å²) in [6.45, 7) is 0.0488. The third-order valence-corrected chi connectivity index (χ3v) is 3.19. The Morgan fingerprint density at radius 3 is 1.55 bits per heavy atom. The second-order valence-corrected chi connectivity index (χ2v) is 5.73. The molecular formula is C18H20ClKN2O11. The number of hydrogen-bond acceptors (Lipinski definition) is 9. The number of phenolic OH excluding ortho intramolecular Hbond substituents is 1. The van der Waals surface area contributed by atoms with Gasteiger partial charge in [-0.15, -0.1) is 11.6 Å². The molecular weight excluding hydrogens is 495 g/mol. The Bertz CT molecular complexity index is 865. The number of carboxylic acid groups (broad SMARTS) is 2. The summed E-state index contributed by atoms with van der Waals surface area (Å²) in [6, 6.07) is 10.5. The van der Waals surface area contributed by atoms with Crippen LogP contribution in [0.1, 0.15) is 12.8 Å². The number of aliphatic carboxylic acids is 2. The van der Waals surface area contributed by atoms with Gasteiger partial charge in [-0.05, 0) is 24.3 Å². The summed E-state index contributed by atoms with van der Waals surface area (Å²) in [4.78, 5) is 39.0. The van der Waals surface area contributed by atoms with Gasteiger partial charge in [-0.2, -0.15) is 0 Å². The normalized spacial score (nSPS) is 8.64. The third-order valence-electron chi connectivity index (χ3n) is 3.00. The summed E-state index contributed by atoms with van der Waals surface area (Å²) in [5.74, 6) is -1.13. The molecule has 2 rings (SSSR count). The number of carboxylic acids is 2. The number of halogens is 1. The quantitative estimate of drug-likeness (QED) is 0.188. The number of nitrogens with zero attached hydrogens (tertiary/aromatic N) is 2. The molecule has 0 aliphatic carbocycles. The minimum absolute atomic E-state index is 0. The molecule has 0 aliphatic heterocycles. The van der Waals surface area contributed by atoms with Crippen molar-refractivity contribution in [1.29, 1.82) is 0 Å². The van der Waals surface area contributed by atoms with Crippen LogP contribution < -0.4 is 56.1 Å². The maximum Gasteiger partial charge on any atom is 1.00 e. The molecule has 4 N–H and O–H groups in total. The van der Waals surface area contributed by atoms with Gasteiger partial charge in [-0.3, -0.25) is 29.8 Å². The van der Waals surface area contributed by atoms with Gasteiger partial charge < -0.3 is 25.5 Å². The smallest absolute Gasteiger partial charge is 0.870 e. The van der Waals surface area contributed by atoms with Crippen molar-refractivity contribution in [3.63, 3.8) is 0 Å². The minimum atomic E-state index is -0.947. The zero-order valence-corrected chi connectivity index (χ0v) is 21.2. The zero-order chi connectivity index (χ0) is 23.8. The first kappa shape index (κ1) is 35.3. The van der Waals surface area contributed by atoms with Gasteiger partial charge in [0, 0.05) is 30.1 Å². The predicted octanol–water partition coefficient (Wildman–Crippen LogP) is 0.276. The molecule has 33 heavy (non-hydrogen) atoms. The van der Waals surface area contributed by atoms with Crippen LogP contribution in [0.5, 0.6) is 11.5 Å². The average Bonchev–Trinajstić information content (AvgIpc) is 2.69. The van der Waals surface area contributed by atoms with Gasteiger partial charge in [-0.25, -0.2) is 0 Å². The molecule has 0 bridgehead atoms. The van der Waals surface area contributed by atoms with Gasteiger partial charge in [0.05, 0.1) is 29.3 Å². The molecule has 0 aromatic heterocycles. The van der Waals surface area contributed by atoms with Gasteiger partial charge in [0.15, 0.2) is 0 Å². The molecule has 0 heterocycles. The maximum atomic E-state index is 10.3. The van der Waals surface area contributed by atoms with E-state index in [-0.39, 0.29) is 99.3 Å². The number of aromatic hydroxyl groups is 1. The number of phenols is 1. The molecule has 0 radical (unpaired) electrons. The first-order valence-corrected chi connectivity index (χ1v) is 8.90. The Balaban J connectivity index is -0.000000436. The predicted molar refractivity (Wildman–Crippen MR) is 111 cm³/mol. The molecule has 0 aliphatic rings. The summed E-state index contributed by atoms with van der Waals surface area (Å²) in [7, 11) is 0. The molecule has 0 spiro atoms. The van der Waals surface area contributed by atoms with Crippen LogP contribution in [0.4, 0.5) is 11.4 Å². The van der Waals surface area contributed by atoms with Gasteiger partial charge in [0.25, 0.3) is 11.4 Å². The molecule has 0 amide bonds. The number of alkyl halides is 1. The van der Waals surface area contributed by atoms with E-state index >= 15 is 0 Å². The summed E-state index contributed by atoms with van der Waals surface area (Å²) in [5.41, 5.74) is -0.0432. The first-order chi connectivity index (χ1) is 14.6. The standard InChI is InChI=1S/C9H9NO5.C6H5NO3.C3H5ClO2.K.H2O/c11-9(12)5-6-15-8-3-1-7(2-4-8)10(13)14;8-6-3-1-5(2-4-6)7(9)10;4-2-1-3(5)6;;/h1-4H,5-6H2,(H,11,12);1-4,8H;1-2H2,(H,5,6);;1H2/q;;;+1;/p-1. The van der Waals surface area contributed by atoms with Crippen molar-refractivity contribution < 1.29 is 96.4 Å². The van der Waals surface area contributed by atoms with Crippen LogP contribution in [0.3, 0.4) is 0 Å². The van der Waals surface area contributed by atoms with Crippen molar-refractivity contribution in [1.82, 2.24) is 0 Å². The van der Waals surface area contributed by atoms with E-state index in [2.05, 4.69) is 0 Å². The SMILES string of the molecule is O=C(O)CCCl.O=C(O)CCOc1ccc([N+](=O)[O-])cc1.O=[N+]([O-])c1ccc(O)cc1.[K+].[OH-]. The van der Waals surface area contributed by atoms with E-state index in [4.69, 9.17) is 31.7 Å². The van der Waals surface area contributed by atoms with E-state index in [9.17, 15) is 29.8 Å². The number of nitro groups is 2. The van der Waals surface area contributed by atoms with Crippen molar-refractivity contribution in [3.05, 3.63) is 68.8 Å². The van der Waals surface area contributed by atoms with Crippen molar-refractivity contribution in [2.24, 2.45) is 0 Å². The first-order valence-electron chi connectivity index (χ1n) is 8.37. The molecule has 2 aromatic rings. The fraction of sp³-hybridized carbons (Fsp3) is 0.222. The van der Waals surface area contributed by atoms with Crippen LogP contribution in [-0.2, 0) is 9.59 Å². The van der Waals surface area contributed by atoms with Gasteiger partial charge in [0.2, 0.25) is 0 Å². The van der Waals surface area contributed by atoms with Gasteiger partial charge >= 0.3 is 63.3 Å². The molecule has 0 fully saturated rings. The van der Waals surface area contributed by atoms with Crippen LogP contribution in [0.15, 0.2) is 48.5 Å². The summed E-state index contributed by atoms with van der Waals surface area (Å²) >= 11 is 5.02. The maximum absolute atomic E-state index is 10.3. The van der Waals surface area contributed by atoms with E-state index in [1.54, 1.807) is 0 Å². The number of nitro benzene ring substituents is 2. The molecule has 0 saturated heterocycles. The molecule has 2 aromatic carbocycles. The second-order valence-electron chi connectivity index (χ2n) is 5.35. The Morgan fingerprint density at radius 1 is 0.848 bits per heavy atom. The van der Waals surface area contributed by atoms with Crippen molar-refractivity contribution >= 4 is 34.9 Å². The number of benzene rings is 2. The topological polar surface area (TPSA) is 220 Å². The molecule has 0 unspecified atom stereocenters. The van der Waals surface area contributed by atoms with E-state index in [1.807, 2.05) is 0 Å². The van der Waals surface area contributed by atoms with Crippen LogP contribution in [-0.4, -0.2) is 55.1 Å². The Kier molecular flexibility index (Phi) is 21.7. The molecule has 0 atom stereocenters. The molecule has 0 saturated carbocycles. The van der Waals surface area contributed by atoms with Crippen molar-refractivity contribution in [2.75, 3.05) is 12.5 Å². The summed E-state index contributed by atoms with van der Waals surface area (Å²) in [6.07, 6.45) is -0.0431. The molecule has 176 valence electrons. The largest absolute Gasteiger partial charge is 1.00 e. The van der Waals surface area contributed by atoms with Crippen molar-refractivity contribution in [2.45, 2.75) is 12.8 Å². The summed E-state index contributed by atoms with van der Waals surface area (Å²) < 4.78 is 5.05. The number of ether oxygens (including phenoxy) is 1. The third kappa shape index (κ3) is 18.9. The molecule has 15 heteroatoms. The van der Waals surface area contributed by atoms with Crippen molar-refractivity contribution in [3.8, 4) is 11.5 Å². The number of rotatable bonds is 8. The van der Waals surface area contributed by atoms with E-state index in [0.717, 1.165) is 0 Å². The van der Waals surface area contributed by atoms with Crippen LogP contribution >= 0.6 is 11.6 Å². The van der Waals surface area contributed by atoms with E-state index in [0.29, 0.717) is 5.75 Å². The number of hydrogen-bond donors (Lipinski definition) is 3. The van der Waals surface area contributed by atoms with E-state index in [1.165, 1.54) is 48.5 Å². The Hall–Kier alpha value is -2.33. The fourth-order valence-electron chi connectivity index (χ4n) is 1.58. The van der Waals surface area contributed by atoms with Gasteiger partial charge in [0.1, 0.15) is 11.5 Å².